The Hall–Kier alpha value is -2.46. The van der Waals surface area contributed by atoms with Crippen LogP contribution in [0.25, 0.3) is 0 Å². The number of nitrogens with zero attached hydrogens (tertiary/aromatic N) is 1. The van der Waals surface area contributed by atoms with Crippen molar-refractivity contribution < 1.29 is 22.7 Å². The van der Waals surface area contributed by atoms with Gasteiger partial charge in [0.15, 0.2) is 6.61 Å². The summed E-state index contributed by atoms with van der Waals surface area (Å²) in [5, 5.41) is 2.82. The molecule has 8 nitrogen and oxygen atoms in total. The summed E-state index contributed by atoms with van der Waals surface area (Å²) in [7, 11) is -3.68. The minimum Gasteiger partial charge on any atom is -0.484 e. The Morgan fingerprint density at radius 1 is 1.10 bits per heavy atom. The van der Waals surface area contributed by atoms with Gasteiger partial charge in [-0.15, -0.1) is 0 Å². The molecule has 1 aliphatic heterocycles. The third-order valence-electron chi connectivity index (χ3n) is 4.99. The highest BCUT2D eigenvalue weighted by atomic mass is 32.2. The van der Waals surface area contributed by atoms with E-state index in [9.17, 15) is 13.2 Å². The molecule has 0 bridgehead atoms. The van der Waals surface area contributed by atoms with Crippen LogP contribution in [0.2, 0.25) is 0 Å². The van der Waals surface area contributed by atoms with Gasteiger partial charge in [-0.1, -0.05) is 30.3 Å². The molecule has 0 radical (unpaired) electrons. The van der Waals surface area contributed by atoms with Crippen LogP contribution in [-0.4, -0.2) is 65.2 Å². The van der Waals surface area contributed by atoms with Crippen molar-refractivity contribution in [2.75, 3.05) is 46.0 Å². The number of morpholine rings is 1. The van der Waals surface area contributed by atoms with E-state index in [-0.39, 0.29) is 23.5 Å². The Labute approximate surface area is 183 Å². The van der Waals surface area contributed by atoms with Crippen LogP contribution in [0.3, 0.4) is 0 Å². The van der Waals surface area contributed by atoms with Gasteiger partial charge in [0.05, 0.1) is 18.1 Å². The number of hydrogen-bond acceptors (Lipinski definition) is 6. The van der Waals surface area contributed by atoms with Crippen LogP contribution in [-0.2, 0) is 19.6 Å². The van der Waals surface area contributed by atoms with E-state index < -0.39 is 10.0 Å². The number of hydrogen-bond donors (Lipinski definition) is 2. The van der Waals surface area contributed by atoms with Crippen molar-refractivity contribution in [3.05, 3.63) is 60.2 Å². The van der Waals surface area contributed by atoms with Crippen molar-refractivity contribution in [1.29, 1.82) is 0 Å². The van der Waals surface area contributed by atoms with Gasteiger partial charge in [-0.05, 0) is 36.8 Å². The fourth-order valence-corrected chi connectivity index (χ4v) is 4.44. The molecular weight excluding hydrogens is 418 g/mol. The minimum absolute atomic E-state index is 0.126. The van der Waals surface area contributed by atoms with Gasteiger partial charge in [0.1, 0.15) is 5.75 Å². The number of carbonyl (C=O) groups excluding carboxylic acids is 1. The second kappa shape index (κ2) is 11.2. The lowest BCUT2D eigenvalue weighted by Crippen LogP contribution is -2.42. The molecule has 1 aliphatic rings. The molecule has 0 aromatic heterocycles. The largest absolute Gasteiger partial charge is 0.484 e. The van der Waals surface area contributed by atoms with Crippen LogP contribution >= 0.6 is 0 Å². The standard InChI is InChI=1S/C22H29N3O5S/c1-18(19-5-3-2-4-6-19)24-31(27,28)21-9-7-20(8-10-21)30-17-22(26)23-11-12-25-13-15-29-16-14-25/h2-10,18,24H,11-17H2,1H3,(H,23,26)/t18-/m0/s1. The summed E-state index contributed by atoms with van der Waals surface area (Å²) in [5.41, 5.74) is 0.880. The molecule has 31 heavy (non-hydrogen) atoms. The summed E-state index contributed by atoms with van der Waals surface area (Å²) in [6.45, 7) is 6.19. The molecule has 9 heteroatoms. The zero-order chi connectivity index (χ0) is 22.1. The smallest absolute Gasteiger partial charge is 0.257 e. The highest BCUT2D eigenvalue weighted by Gasteiger charge is 2.18. The van der Waals surface area contributed by atoms with Gasteiger partial charge < -0.3 is 14.8 Å². The maximum Gasteiger partial charge on any atom is 0.257 e. The third-order valence-corrected chi connectivity index (χ3v) is 6.55. The molecule has 0 aliphatic carbocycles. The number of sulfonamides is 1. The van der Waals surface area contributed by atoms with Crippen molar-refractivity contribution >= 4 is 15.9 Å². The molecule has 1 amide bonds. The summed E-state index contributed by atoms with van der Waals surface area (Å²) in [4.78, 5) is 14.3. The highest BCUT2D eigenvalue weighted by Crippen LogP contribution is 2.19. The Morgan fingerprint density at radius 3 is 2.45 bits per heavy atom. The van der Waals surface area contributed by atoms with E-state index in [4.69, 9.17) is 9.47 Å². The van der Waals surface area contributed by atoms with E-state index in [1.165, 1.54) is 12.1 Å². The lowest BCUT2D eigenvalue weighted by atomic mass is 10.1. The SMILES string of the molecule is C[C@H](NS(=O)(=O)c1ccc(OCC(=O)NCCN2CCOCC2)cc1)c1ccccc1. The first-order valence-corrected chi connectivity index (χ1v) is 11.8. The lowest BCUT2D eigenvalue weighted by molar-refractivity contribution is -0.123. The molecule has 1 atom stereocenters. The van der Waals surface area contributed by atoms with Gasteiger partial charge in [0.25, 0.3) is 5.91 Å². The van der Waals surface area contributed by atoms with Crippen molar-refractivity contribution in [2.45, 2.75) is 17.9 Å². The van der Waals surface area contributed by atoms with Crippen molar-refractivity contribution in [3.8, 4) is 5.75 Å². The summed E-state index contributed by atoms with van der Waals surface area (Å²) >= 11 is 0. The molecule has 2 N–H and O–H groups in total. The topological polar surface area (TPSA) is 97.0 Å². The van der Waals surface area contributed by atoms with E-state index in [2.05, 4.69) is 14.9 Å². The predicted octanol–water partition coefficient (Wildman–Crippen LogP) is 1.55. The quantitative estimate of drug-likeness (QED) is 0.574. The van der Waals surface area contributed by atoms with Crippen LogP contribution < -0.4 is 14.8 Å². The maximum atomic E-state index is 12.6. The minimum atomic E-state index is -3.68. The summed E-state index contributed by atoms with van der Waals surface area (Å²) in [6.07, 6.45) is 0. The van der Waals surface area contributed by atoms with Gasteiger partial charge in [0, 0.05) is 32.2 Å². The van der Waals surface area contributed by atoms with Gasteiger partial charge in [0.2, 0.25) is 10.0 Å². The van der Waals surface area contributed by atoms with E-state index in [1.54, 1.807) is 19.1 Å². The van der Waals surface area contributed by atoms with Crippen LogP contribution in [0, 0.1) is 0 Å². The first kappa shape index (κ1) is 23.2. The van der Waals surface area contributed by atoms with Gasteiger partial charge in [-0.2, -0.15) is 0 Å². The Bertz CT molecular complexity index is 929. The van der Waals surface area contributed by atoms with E-state index in [0.717, 1.165) is 38.4 Å². The first-order chi connectivity index (χ1) is 14.9. The molecular formula is C22H29N3O5S. The monoisotopic (exact) mass is 447 g/mol. The number of rotatable bonds is 10. The third kappa shape index (κ3) is 7.32. The van der Waals surface area contributed by atoms with E-state index in [0.29, 0.717) is 12.3 Å². The predicted molar refractivity (Wildman–Crippen MR) is 117 cm³/mol. The molecule has 3 rings (SSSR count). The molecule has 0 spiro atoms. The zero-order valence-corrected chi connectivity index (χ0v) is 18.4. The number of amides is 1. The lowest BCUT2D eigenvalue weighted by Gasteiger charge is -2.26. The normalized spacial score (nSPS) is 15.9. The van der Waals surface area contributed by atoms with Crippen LogP contribution in [0.5, 0.6) is 5.75 Å². The Kier molecular flexibility index (Phi) is 8.42. The van der Waals surface area contributed by atoms with E-state index >= 15 is 0 Å². The number of ether oxygens (including phenoxy) is 2. The molecule has 0 saturated carbocycles. The number of benzene rings is 2. The van der Waals surface area contributed by atoms with Gasteiger partial charge >= 0.3 is 0 Å². The molecule has 1 saturated heterocycles. The summed E-state index contributed by atoms with van der Waals surface area (Å²) < 4.78 is 38.7. The van der Waals surface area contributed by atoms with Crippen molar-refractivity contribution in [1.82, 2.24) is 14.9 Å². The average molecular weight is 448 g/mol. The second-order valence-corrected chi connectivity index (χ2v) is 9.03. The Morgan fingerprint density at radius 2 is 1.77 bits per heavy atom. The first-order valence-electron chi connectivity index (χ1n) is 10.3. The molecule has 2 aromatic rings. The fraction of sp³-hybridized carbons (Fsp3) is 0.409. The zero-order valence-electron chi connectivity index (χ0n) is 17.6. The van der Waals surface area contributed by atoms with Crippen molar-refractivity contribution in [3.63, 3.8) is 0 Å². The summed E-state index contributed by atoms with van der Waals surface area (Å²) in [6, 6.07) is 15.0. The summed E-state index contributed by atoms with van der Waals surface area (Å²) in [5.74, 6) is 0.210. The van der Waals surface area contributed by atoms with Crippen LogP contribution in [0.1, 0.15) is 18.5 Å². The Balaban J connectivity index is 1.44. The van der Waals surface area contributed by atoms with Crippen LogP contribution in [0.4, 0.5) is 0 Å². The molecule has 1 fully saturated rings. The second-order valence-electron chi connectivity index (χ2n) is 7.32. The van der Waals surface area contributed by atoms with Crippen LogP contribution in [0.15, 0.2) is 59.5 Å². The molecule has 1 heterocycles. The number of nitrogens with one attached hydrogen (secondary N) is 2. The molecule has 0 unspecified atom stereocenters. The van der Waals surface area contributed by atoms with Gasteiger partial charge in [-0.3, -0.25) is 9.69 Å². The highest BCUT2D eigenvalue weighted by molar-refractivity contribution is 7.89. The number of carbonyl (C=O) groups is 1. The van der Waals surface area contributed by atoms with Crippen molar-refractivity contribution in [2.24, 2.45) is 0 Å². The molecule has 168 valence electrons. The fourth-order valence-electron chi connectivity index (χ4n) is 3.20. The maximum absolute atomic E-state index is 12.6. The van der Waals surface area contributed by atoms with E-state index in [1.807, 2.05) is 30.3 Å². The van der Waals surface area contributed by atoms with Gasteiger partial charge in [-0.25, -0.2) is 13.1 Å². The molecule has 2 aromatic carbocycles. The average Bonchev–Trinajstić information content (AvgIpc) is 2.79.